The van der Waals surface area contributed by atoms with E-state index in [0.29, 0.717) is 19.6 Å². The van der Waals surface area contributed by atoms with Gasteiger partial charge >= 0.3 is 0 Å². The van der Waals surface area contributed by atoms with Gasteiger partial charge in [-0.1, -0.05) is 78.9 Å². The topological polar surface area (TPSA) is 51.2 Å². The van der Waals surface area contributed by atoms with Gasteiger partial charge in [-0.05, 0) is 29.7 Å². The highest BCUT2D eigenvalue weighted by molar-refractivity contribution is 5.87. The molecular weight excluding hydrogens is 372 g/mol. The second-order valence-electron chi connectivity index (χ2n) is 7.08. The third kappa shape index (κ3) is 4.66. The molecule has 4 aromatic rings. The van der Waals surface area contributed by atoms with Crippen molar-refractivity contribution in [2.75, 3.05) is 13.2 Å². The molecule has 0 aliphatic rings. The van der Waals surface area contributed by atoms with Crippen LogP contribution in [0.15, 0.2) is 97.2 Å². The second-order valence-corrected chi connectivity index (χ2v) is 7.08. The first-order valence-corrected chi connectivity index (χ1v) is 10.2. The quantitative estimate of drug-likeness (QED) is 0.429. The molecule has 0 fully saturated rings. The van der Waals surface area contributed by atoms with Crippen LogP contribution in [0.5, 0.6) is 5.75 Å². The summed E-state index contributed by atoms with van der Waals surface area (Å²) >= 11 is 0. The van der Waals surface area contributed by atoms with Crippen molar-refractivity contribution < 1.29 is 9.53 Å². The largest absolute Gasteiger partial charge is 0.491 e. The van der Waals surface area contributed by atoms with Crippen molar-refractivity contribution in [1.82, 2.24) is 10.3 Å². The van der Waals surface area contributed by atoms with Gasteiger partial charge in [-0.3, -0.25) is 9.78 Å². The van der Waals surface area contributed by atoms with Gasteiger partial charge in [0.15, 0.2) is 0 Å². The molecule has 1 heterocycles. The Balaban J connectivity index is 1.35. The molecule has 3 aromatic carbocycles. The number of fused-ring (bicyclic) bond motifs is 1. The predicted octanol–water partition coefficient (Wildman–Crippen LogP) is 4.95. The van der Waals surface area contributed by atoms with Crippen LogP contribution in [-0.2, 0) is 4.79 Å². The normalized spacial score (nSPS) is 10.8. The average Bonchev–Trinajstić information content (AvgIpc) is 2.80. The van der Waals surface area contributed by atoms with Crippen LogP contribution in [0.25, 0.3) is 10.9 Å². The van der Waals surface area contributed by atoms with Crippen molar-refractivity contribution in [3.05, 3.63) is 108 Å². The van der Waals surface area contributed by atoms with Crippen molar-refractivity contribution in [3.63, 3.8) is 0 Å². The molecule has 0 bridgehead atoms. The second kappa shape index (κ2) is 9.70. The van der Waals surface area contributed by atoms with Gasteiger partial charge in [0.05, 0.1) is 12.5 Å². The zero-order valence-electron chi connectivity index (χ0n) is 16.7. The first kappa shape index (κ1) is 19.6. The average molecular weight is 396 g/mol. The molecule has 1 amide bonds. The molecule has 4 heteroatoms. The molecule has 0 saturated heterocycles. The molecule has 4 nitrogen and oxygen atoms in total. The van der Waals surface area contributed by atoms with Crippen LogP contribution in [0.3, 0.4) is 0 Å². The van der Waals surface area contributed by atoms with Crippen molar-refractivity contribution in [2.24, 2.45) is 0 Å². The summed E-state index contributed by atoms with van der Waals surface area (Å²) in [6.07, 6.45) is 2.48. The van der Waals surface area contributed by atoms with E-state index in [9.17, 15) is 4.79 Å². The molecule has 150 valence electrons. The summed E-state index contributed by atoms with van der Waals surface area (Å²) in [5.41, 5.74) is 2.83. The van der Waals surface area contributed by atoms with E-state index in [1.807, 2.05) is 91.0 Å². The van der Waals surface area contributed by atoms with Crippen molar-refractivity contribution >= 4 is 16.8 Å². The van der Waals surface area contributed by atoms with Gasteiger partial charge in [0.25, 0.3) is 0 Å². The van der Waals surface area contributed by atoms with Crippen LogP contribution in [-0.4, -0.2) is 24.0 Å². The summed E-state index contributed by atoms with van der Waals surface area (Å²) in [6.45, 7) is 1.06. The summed E-state index contributed by atoms with van der Waals surface area (Å²) in [4.78, 5) is 17.4. The Morgan fingerprint density at radius 3 is 2.20 bits per heavy atom. The van der Waals surface area contributed by atoms with Crippen LogP contribution in [0.2, 0.25) is 0 Å². The first-order valence-electron chi connectivity index (χ1n) is 10.2. The number of hydrogen-bond donors (Lipinski definition) is 1. The van der Waals surface area contributed by atoms with Crippen molar-refractivity contribution in [2.45, 2.75) is 12.3 Å². The molecule has 0 aliphatic heterocycles. The fourth-order valence-corrected chi connectivity index (χ4v) is 3.55. The number of carbonyl (C=O) groups is 1. The van der Waals surface area contributed by atoms with E-state index in [0.717, 1.165) is 27.8 Å². The standard InChI is InChI=1S/C26H24N2O2/c29-26(24(20-10-3-1-4-11-20)21-12-5-2-6-13-21)28-18-9-19-30-23-16-7-14-22-15-8-17-27-25(22)23/h1-8,10-17,24H,9,18-19H2,(H,28,29). The number of ether oxygens (including phenoxy) is 1. The molecule has 0 radical (unpaired) electrons. The Bertz CT molecular complexity index is 1050. The highest BCUT2D eigenvalue weighted by Crippen LogP contribution is 2.25. The van der Waals surface area contributed by atoms with E-state index in [2.05, 4.69) is 10.3 Å². The zero-order valence-corrected chi connectivity index (χ0v) is 16.7. The Hall–Kier alpha value is -3.66. The van der Waals surface area contributed by atoms with Gasteiger partial charge in [-0.15, -0.1) is 0 Å². The minimum atomic E-state index is -0.324. The number of amides is 1. The van der Waals surface area contributed by atoms with Gasteiger partial charge in [-0.25, -0.2) is 0 Å². The van der Waals surface area contributed by atoms with Crippen molar-refractivity contribution in [1.29, 1.82) is 0 Å². The fourth-order valence-electron chi connectivity index (χ4n) is 3.55. The number of rotatable bonds is 8. The number of carbonyl (C=O) groups excluding carboxylic acids is 1. The summed E-state index contributed by atoms with van der Waals surface area (Å²) in [7, 11) is 0. The molecule has 1 N–H and O–H groups in total. The number of hydrogen-bond acceptors (Lipinski definition) is 3. The summed E-state index contributed by atoms with van der Waals surface area (Å²) in [6, 6.07) is 29.6. The van der Waals surface area contributed by atoms with Crippen molar-refractivity contribution in [3.8, 4) is 5.75 Å². The van der Waals surface area contributed by atoms with Crippen LogP contribution in [0, 0.1) is 0 Å². The number of nitrogens with zero attached hydrogens (tertiary/aromatic N) is 1. The van der Waals surface area contributed by atoms with Gasteiger partial charge in [-0.2, -0.15) is 0 Å². The summed E-state index contributed by atoms with van der Waals surface area (Å²) in [5.74, 6) is 0.445. The van der Waals surface area contributed by atoms with Crippen LogP contribution < -0.4 is 10.1 Å². The summed E-state index contributed by atoms with van der Waals surface area (Å²) in [5, 5.41) is 4.12. The highest BCUT2D eigenvalue weighted by Gasteiger charge is 2.21. The van der Waals surface area contributed by atoms with Gasteiger partial charge in [0, 0.05) is 18.1 Å². The molecular formula is C26H24N2O2. The number of nitrogens with one attached hydrogen (secondary N) is 1. The van der Waals surface area contributed by atoms with Crippen LogP contribution in [0.1, 0.15) is 23.5 Å². The maximum absolute atomic E-state index is 13.0. The van der Waals surface area contributed by atoms with Crippen LogP contribution in [0.4, 0.5) is 0 Å². The van der Waals surface area contributed by atoms with Gasteiger partial charge in [0.2, 0.25) is 5.91 Å². The minimum absolute atomic E-state index is 0.000715. The third-order valence-electron chi connectivity index (χ3n) is 5.00. The Morgan fingerprint density at radius 2 is 1.50 bits per heavy atom. The Kier molecular flexibility index (Phi) is 6.35. The lowest BCUT2D eigenvalue weighted by Crippen LogP contribution is -2.31. The minimum Gasteiger partial charge on any atom is -0.491 e. The fraction of sp³-hybridized carbons (Fsp3) is 0.154. The highest BCUT2D eigenvalue weighted by atomic mass is 16.5. The molecule has 0 spiro atoms. The monoisotopic (exact) mass is 396 g/mol. The number of pyridine rings is 1. The SMILES string of the molecule is O=C(NCCCOc1cccc2cccnc12)C(c1ccccc1)c1ccccc1. The summed E-state index contributed by atoms with van der Waals surface area (Å²) < 4.78 is 5.92. The number of aromatic nitrogens is 1. The molecule has 0 aliphatic carbocycles. The molecule has 1 aromatic heterocycles. The molecule has 30 heavy (non-hydrogen) atoms. The molecule has 0 unspecified atom stereocenters. The molecule has 4 rings (SSSR count). The zero-order chi connectivity index (χ0) is 20.6. The molecule has 0 atom stereocenters. The number of para-hydroxylation sites is 1. The maximum atomic E-state index is 13.0. The Labute approximate surface area is 176 Å². The van der Waals surface area contributed by atoms with Crippen LogP contribution >= 0.6 is 0 Å². The third-order valence-corrected chi connectivity index (χ3v) is 5.00. The number of benzene rings is 3. The van der Waals surface area contributed by atoms with E-state index in [1.54, 1.807) is 6.20 Å². The first-order chi connectivity index (χ1) is 14.8. The lowest BCUT2D eigenvalue weighted by Gasteiger charge is -2.18. The lowest BCUT2D eigenvalue weighted by atomic mass is 9.90. The van der Waals surface area contributed by atoms with E-state index in [4.69, 9.17) is 4.74 Å². The lowest BCUT2D eigenvalue weighted by molar-refractivity contribution is -0.121. The van der Waals surface area contributed by atoms with E-state index < -0.39 is 0 Å². The maximum Gasteiger partial charge on any atom is 0.232 e. The van der Waals surface area contributed by atoms with E-state index >= 15 is 0 Å². The Morgan fingerprint density at radius 1 is 0.833 bits per heavy atom. The molecule has 0 saturated carbocycles. The predicted molar refractivity (Wildman–Crippen MR) is 120 cm³/mol. The van der Waals surface area contributed by atoms with E-state index in [-0.39, 0.29) is 11.8 Å². The smallest absolute Gasteiger partial charge is 0.232 e. The van der Waals surface area contributed by atoms with Gasteiger partial charge in [0.1, 0.15) is 11.3 Å². The van der Waals surface area contributed by atoms with E-state index in [1.165, 1.54) is 0 Å². The van der Waals surface area contributed by atoms with Gasteiger partial charge < -0.3 is 10.1 Å².